The Morgan fingerprint density at radius 1 is 1.00 bits per heavy atom. The lowest BCUT2D eigenvalue weighted by molar-refractivity contribution is -0.132. The molecule has 0 aliphatic carbocycles. The highest BCUT2D eigenvalue weighted by atomic mass is 32.2. The molecule has 3 rings (SSSR count). The van der Waals surface area contributed by atoms with E-state index in [1.165, 1.54) is 18.2 Å². The van der Waals surface area contributed by atoms with Crippen LogP contribution in [0.3, 0.4) is 0 Å². The molecule has 7 heteroatoms. The fourth-order valence-electron chi connectivity index (χ4n) is 3.92. The first-order chi connectivity index (χ1) is 15.1. The van der Waals surface area contributed by atoms with Gasteiger partial charge in [0.05, 0.1) is 10.6 Å². The molecule has 0 aliphatic heterocycles. The summed E-state index contributed by atoms with van der Waals surface area (Å²) in [5.74, 6) is -0.148. The molecule has 0 unspecified atom stereocenters. The third kappa shape index (κ3) is 5.76. The zero-order valence-electron chi connectivity index (χ0n) is 19.1. The van der Waals surface area contributed by atoms with Crippen molar-refractivity contribution >= 4 is 26.6 Å². The third-order valence-electron chi connectivity index (χ3n) is 5.16. The summed E-state index contributed by atoms with van der Waals surface area (Å²) in [6.45, 7) is 9.66. The first kappa shape index (κ1) is 24.0. The second-order valence-corrected chi connectivity index (χ2v) is 11.1. The quantitative estimate of drug-likeness (QED) is 0.458. The van der Waals surface area contributed by atoms with E-state index in [0.29, 0.717) is 41.4 Å². The molecule has 1 heterocycles. The lowest BCUT2D eigenvalue weighted by Gasteiger charge is -2.26. The second kappa shape index (κ2) is 9.86. The van der Waals surface area contributed by atoms with Crippen LogP contribution in [-0.4, -0.2) is 36.9 Å². The molecule has 0 N–H and O–H groups in total. The summed E-state index contributed by atoms with van der Waals surface area (Å²) in [5.41, 5.74) is 1.07. The van der Waals surface area contributed by atoms with Gasteiger partial charge in [-0.25, -0.2) is 12.8 Å². The van der Waals surface area contributed by atoms with Crippen LogP contribution >= 0.6 is 0 Å². The van der Waals surface area contributed by atoms with Gasteiger partial charge in [-0.1, -0.05) is 58.0 Å². The molecule has 1 amide bonds. The maximum absolute atomic E-state index is 13.6. The molecule has 1 aromatic heterocycles. The van der Waals surface area contributed by atoms with Crippen molar-refractivity contribution < 1.29 is 17.6 Å². The van der Waals surface area contributed by atoms with Gasteiger partial charge in [-0.15, -0.1) is 0 Å². The minimum atomic E-state index is -3.74. The topological polar surface area (TPSA) is 59.4 Å². The molecule has 0 saturated carbocycles. The SMILES string of the molecule is CC(C)CN(CC(C)C)C(=O)Cn1cc(S(=O)(=O)Cc2cccc(F)c2)c2ccccc21. The van der Waals surface area contributed by atoms with Crippen LogP contribution in [-0.2, 0) is 26.9 Å². The Balaban J connectivity index is 1.95. The molecule has 0 atom stereocenters. The predicted octanol–water partition coefficient (Wildman–Crippen LogP) is 4.89. The van der Waals surface area contributed by atoms with Gasteiger partial charge < -0.3 is 9.47 Å². The molecule has 0 spiro atoms. The number of hydrogen-bond acceptors (Lipinski definition) is 3. The summed E-state index contributed by atoms with van der Waals surface area (Å²) < 4.78 is 41.7. The van der Waals surface area contributed by atoms with Gasteiger partial charge in [0.15, 0.2) is 9.84 Å². The molecule has 3 aromatic rings. The largest absolute Gasteiger partial charge is 0.341 e. The van der Waals surface area contributed by atoms with Gasteiger partial charge in [0.25, 0.3) is 0 Å². The molecule has 0 saturated heterocycles. The zero-order chi connectivity index (χ0) is 23.5. The summed E-state index contributed by atoms with van der Waals surface area (Å²) >= 11 is 0. The van der Waals surface area contributed by atoms with Crippen LogP contribution in [0.1, 0.15) is 33.3 Å². The van der Waals surface area contributed by atoms with Crippen molar-refractivity contribution in [1.82, 2.24) is 9.47 Å². The number of halogens is 1. The Labute approximate surface area is 189 Å². The van der Waals surface area contributed by atoms with Gasteiger partial charge in [0, 0.05) is 30.2 Å². The fraction of sp³-hybridized carbons (Fsp3) is 0.400. The number of rotatable bonds is 9. The summed E-state index contributed by atoms with van der Waals surface area (Å²) in [7, 11) is -3.74. The van der Waals surface area contributed by atoms with Gasteiger partial charge in [-0.2, -0.15) is 0 Å². The highest BCUT2D eigenvalue weighted by Gasteiger charge is 2.24. The van der Waals surface area contributed by atoms with Crippen molar-refractivity contribution in [1.29, 1.82) is 0 Å². The number of benzene rings is 2. The van der Waals surface area contributed by atoms with Crippen molar-refractivity contribution in [3.8, 4) is 0 Å². The number of nitrogens with zero attached hydrogens (tertiary/aromatic N) is 2. The monoisotopic (exact) mass is 458 g/mol. The summed E-state index contributed by atoms with van der Waals surface area (Å²) in [6, 6.07) is 12.8. The molecular formula is C25H31FN2O3S. The number of fused-ring (bicyclic) bond motifs is 1. The Hall–Kier alpha value is -2.67. The highest BCUT2D eigenvalue weighted by Crippen LogP contribution is 2.28. The number of carbonyl (C=O) groups excluding carboxylic acids is 1. The van der Waals surface area contributed by atoms with Crippen molar-refractivity contribution in [3.63, 3.8) is 0 Å². The number of sulfone groups is 1. The molecule has 5 nitrogen and oxygen atoms in total. The van der Waals surface area contributed by atoms with Gasteiger partial charge in [0.1, 0.15) is 12.4 Å². The lowest BCUT2D eigenvalue weighted by Crippen LogP contribution is -2.38. The fourth-order valence-corrected chi connectivity index (χ4v) is 5.49. The van der Waals surface area contributed by atoms with E-state index in [1.54, 1.807) is 29.0 Å². The van der Waals surface area contributed by atoms with Crippen molar-refractivity contribution in [2.75, 3.05) is 13.1 Å². The molecule has 2 aromatic carbocycles. The molecule has 0 fully saturated rings. The average Bonchev–Trinajstić information content (AvgIpc) is 3.06. The van der Waals surface area contributed by atoms with Crippen molar-refractivity contribution in [2.45, 2.75) is 44.9 Å². The van der Waals surface area contributed by atoms with Gasteiger partial charge in [0.2, 0.25) is 5.91 Å². The van der Waals surface area contributed by atoms with Crippen LogP contribution in [0.2, 0.25) is 0 Å². The van der Waals surface area contributed by atoms with E-state index in [0.717, 1.165) is 0 Å². The average molecular weight is 459 g/mol. The Morgan fingerprint density at radius 3 is 2.28 bits per heavy atom. The van der Waals surface area contributed by atoms with E-state index in [2.05, 4.69) is 27.7 Å². The second-order valence-electron chi connectivity index (χ2n) is 9.11. The number of aromatic nitrogens is 1. The maximum Gasteiger partial charge on any atom is 0.242 e. The van der Waals surface area contributed by atoms with Crippen molar-refractivity contribution in [2.24, 2.45) is 11.8 Å². The van der Waals surface area contributed by atoms with Crippen LogP contribution in [0.5, 0.6) is 0 Å². The first-order valence-corrected chi connectivity index (χ1v) is 12.5. The summed E-state index contributed by atoms with van der Waals surface area (Å²) in [4.78, 5) is 15.1. The van der Waals surface area contributed by atoms with E-state index < -0.39 is 15.7 Å². The predicted molar refractivity (Wildman–Crippen MR) is 125 cm³/mol. The van der Waals surface area contributed by atoms with E-state index >= 15 is 0 Å². The number of amides is 1. The van der Waals surface area contributed by atoms with E-state index in [9.17, 15) is 17.6 Å². The van der Waals surface area contributed by atoms with E-state index in [-0.39, 0.29) is 23.1 Å². The normalized spacial score (nSPS) is 12.1. The standard InChI is InChI=1S/C25H31FN2O3S/c1-18(2)13-28(14-19(3)4)25(29)16-27-15-24(22-10-5-6-11-23(22)27)32(30,31)17-20-8-7-9-21(26)12-20/h5-12,15,18-19H,13-14,16-17H2,1-4H3. The van der Waals surface area contributed by atoms with Crippen LogP contribution in [0.25, 0.3) is 10.9 Å². The van der Waals surface area contributed by atoms with Crippen LogP contribution < -0.4 is 0 Å². The maximum atomic E-state index is 13.6. The van der Waals surface area contributed by atoms with Crippen LogP contribution in [0.4, 0.5) is 4.39 Å². The molecule has 32 heavy (non-hydrogen) atoms. The minimum absolute atomic E-state index is 0.0396. The van der Waals surface area contributed by atoms with Crippen molar-refractivity contribution in [3.05, 3.63) is 66.1 Å². The van der Waals surface area contributed by atoms with Gasteiger partial charge in [-0.05, 0) is 35.6 Å². The van der Waals surface area contributed by atoms with Crippen LogP contribution in [0.15, 0.2) is 59.6 Å². The number of hydrogen-bond donors (Lipinski definition) is 0. The Kier molecular flexibility index (Phi) is 7.39. The summed E-state index contributed by atoms with van der Waals surface area (Å²) in [5, 5.41) is 0.566. The molecule has 0 radical (unpaired) electrons. The molecular weight excluding hydrogens is 427 g/mol. The number of para-hydroxylation sites is 1. The van der Waals surface area contributed by atoms with E-state index in [4.69, 9.17) is 0 Å². The number of carbonyl (C=O) groups is 1. The molecule has 172 valence electrons. The van der Waals surface area contributed by atoms with E-state index in [1.807, 2.05) is 17.0 Å². The summed E-state index contributed by atoms with van der Waals surface area (Å²) in [6.07, 6.45) is 1.54. The third-order valence-corrected chi connectivity index (χ3v) is 6.87. The highest BCUT2D eigenvalue weighted by molar-refractivity contribution is 7.90. The Bertz CT molecular complexity index is 1190. The zero-order valence-corrected chi connectivity index (χ0v) is 19.9. The Morgan fingerprint density at radius 2 is 1.66 bits per heavy atom. The van der Waals surface area contributed by atoms with Gasteiger partial charge in [-0.3, -0.25) is 4.79 Å². The first-order valence-electron chi connectivity index (χ1n) is 10.9. The molecule has 0 aliphatic rings. The lowest BCUT2D eigenvalue weighted by atomic mass is 10.1. The van der Waals surface area contributed by atoms with Gasteiger partial charge >= 0.3 is 0 Å². The smallest absolute Gasteiger partial charge is 0.242 e. The van der Waals surface area contributed by atoms with Crippen LogP contribution in [0, 0.1) is 17.7 Å². The minimum Gasteiger partial charge on any atom is -0.341 e. The molecule has 0 bridgehead atoms.